The number of carbonyl (C=O) groups excluding carboxylic acids is 1. The molecule has 1 amide bonds. The van der Waals surface area contributed by atoms with Crippen molar-refractivity contribution < 1.29 is 9.90 Å². The van der Waals surface area contributed by atoms with Crippen molar-refractivity contribution in [2.45, 2.75) is 32.8 Å². The molecule has 20 heavy (non-hydrogen) atoms. The zero-order chi connectivity index (χ0) is 14.3. The van der Waals surface area contributed by atoms with Gasteiger partial charge in [-0.1, -0.05) is 12.1 Å². The Morgan fingerprint density at radius 2 is 2.05 bits per heavy atom. The van der Waals surface area contributed by atoms with Crippen molar-refractivity contribution in [1.82, 2.24) is 0 Å². The zero-order valence-corrected chi connectivity index (χ0v) is 12.4. The molecule has 4 heteroatoms. The minimum atomic E-state index is -0.588. The maximum Gasteiger partial charge on any atom is 0.224 e. The Bertz CT molecular complexity index is 656. The number of aliphatic hydroxyl groups excluding tert-OH is 1. The molecule has 1 unspecified atom stereocenters. The molecule has 2 aromatic rings. The molecule has 2 heterocycles. The van der Waals surface area contributed by atoms with Gasteiger partial charge < -0.3 is 10.4 Å². The van der Waals surface area contributed by atoms with Crippen LogP contribution in [0.15, 0.2) is 24.3 Å². The highest BCUT2D eigenvalue weighted by molar-refractivity contribution is 7.12. The molecule has 0 spiro atoms. The maximum atomic E-state index is 11.3. The van der Waals surface area contributed by atoms with Crippen LogP contribution in [0.4, 0.5) is 5.69 Å². The van der Waals surface area contributed by atoms with E-state index in [1.54, 1.807) is 11.3 Å². The number of aliphatic hydroxyl groups is 1. The van der Waals surface area contributed by atoms with E-state index in [4.69, 9.17) is 0 Å². The van der Waals surface area contributed by atoms with Crippen LogP contribution in [0, 0.1) is 13.8 Å². The Morgan fingerprint density at radius 1 is 1.25 bits per heavy atom. The topological polar surface area (TPSA) is 49.3 Å². The number of nitrogens with one attached hydrogen (secondary N) is 1. The van der Waals surface area contributed by atoms with Crippen LogP contribution < -0.4 is 5.32 Å². The van der Waals surface area contributed by atoms with E-state index >= 15 is 0 Å². The van der Waals surface area contributed by atoms with Crippen molar-refractivity contribution in [3.63, 3.8) is 0 Å². The number of carbonyl (C=O) groups is 1. The third-order valence-corrected chi connectivity index (χ3v) is 5.00. The third kappa shape index (κ3) is 2.37. The first-order valence-electron chi connectivity index (χ1n) is 6.72. The molecule has 0 fully saturated rings. The largest absolute Gasteiger partial charge is 0.383 e. The molecule has 0 saturated carbocycles. The summed E-state index contributed by atoms with van der Waals surface area (Å²) in [7, 11) is 0. The van der Waals surface area contributed by atoms with E-state index in [2.05, 4.69) is 19.2 Å². The van der Waals surface area contributed by atoms with Gasteiger partial charge in [-0.2, -0.15) is 0 Å². The van der Waals surface area contributed by atoms with Crippen LogP contribution in [0.5, 0.6) is 0 Å². The third-order valence-electron chi connectivity index (χ3n) is 3.80. The number of benzene rings is 1. The van der Waals surface area contributed by atoms with Gasteiger partial charge in [-0.3, -0.25) is 4.79 Å². The van der Waals surface area contributed by atoms with Crippen molar-refractivity contribution in [2.24, 2.45) is 0 Å². The summed E-state index contributed by atoms with van der Waals surface area (Å²) < 4.78 is 0. The standard InChI is InChI=1S/C16H17NO2S/c1-9-7-14(20-10(9)2)16(19)12-3-5-13-11(8-12)4-6-15(18)17-13/h3,5,7-8,16,19H,4,6H2,1-2H3,(H,17,18). The lowest BCUT2D eigenvalue weighted by molar-refractivity contribution is -0.116. The van der Waals surface area contributed by atoms with E-state index in [0.29, 0.717) is 6.42 Å². The van der Waals surface area contributed by atoms with Crippen LogP contribution in [0.3, 0.4) is 0 Å². The number of rotatable bonds is 2. The lowest BCUT2D eigenvalue weighted by Crippen LogP contribution is -2.19. The molecule has 1 atom stereocenters. The van der Waals surface area contributed by atoms with E-state index < -0.39 is 6.10 Å². The molecule has 0 bridgehead atoms. The van der Waals surface area contributed by atoms with Crippen LogP contribution in [0.2, 0.25) is 0 Å². The lowest BCUT2D eigenvalue weighted by atomic mass is 9.97. The molecule has 0 aliphatic carbocycles. The molecular formula is C16H17NO2S. The molecule has 104 valence electrons. The molecule has 1 aliphatic heterocycles. The Balaban J connectivity index is 1.92. The summed E-state index contributed by atoms with van der Waals surface area (Å²) in [5.41, 5.74) is 4.08. The van der Waals surface area contributed by atoms with Gasteiger partial charge in [0.2, 0.25) is 5.91 Å². The zero-order valence-electron chi connectivity index (χ0n) is 11.6. The number of aryl methyl sites for hydroxylation is 3. The minimum absolute atomic E-state index is 0.0651. The Labute approximate surface area is 122 Å². The summed E-state index contributed by atoms with van der Waals surface area (Å²) in [6.45, 7) is 4.13. The summed E-state index contributed by atoms with van der Waals surface area (Å²) in [4.78, 5) is 13.6. The molecule has 3 nitrogen and oxygen atoms in total. The average molecular weight is 287 g/mol. The van der Waals surface area contributed by atoms with Crippen molar-refractivity contribution in [2.75, 3.05) is 5.32 Å². The lowest BCUT2D eigenvalue weighted by Gasteiger charge is -2.19. The summed E-state index contributed by atoms with van der Waals surface area (Å²) >= 11 is 1.64. The fraction of sp³-hybridized carbons (Fsp3) is 0.312. The molecule has 1 aromatic carbocycles. The van der Waals surface area contributed by atoms with Crippen molar-refractivity contribution in [3.05, 3.63) is 50.7 Å². The fourth-order valence-corrected chi connectivity index (χ4v) is 3.53. The number of fused-ring (bicyclic) bond motifs is 1. The van der Waals surface area contributed by atoms with Crippen LogP contribution >= 0.6 is 11.3 Å². The number of amides is 1. The van der Waals surface area contributed by atoms with Gasteiger partial charge in [0.15, 0.2) is 0 Å². The van der Waals surface area contributed by atoms with Gasteiger partial charge in [-0.05, 0) is 49.1 Å². The van der Waals surface area contributed by atoms with E-state index in [0.717, 1.165) is 28.1 Å². The minimum Gasteiger partial charge on any atom is -0.383 e. The van der Waals surface area contributed by atoms with Crippen molar-refractivity contribution in [3.8, 4) is 0 Å². The van der Waals surface area contributed by atoms with E-state index in [9.17, 15) is 9.90 Å². The van der Waals surface area contributed by atoms with Crippen molar-refractivity contribution >= 4 is 22.9 Å². The predicted molar refractivity (Wildman–Crippen MR) is 81.2 cm³/mol. The van der Waals surface area contributed by atoms with Crippen LogP contribution in [0.25, 0.3) is 0 Å². The molecule has 1 aromatic heterocycles. The highest BCUT2D eigenvalue weighted by Gasteiger charge is 2.19. The van der Waals surface area contributed by atoms with Crippen LogP contribution in [-0.2, 0) is 11.2 Å². The fourth-order valence-electron chi connectivity index (χ4n) is 2.47. The molecule has 1 aliphatic rings. The second-order valence-electron chi connectivity index (χ2n) is 5.26. The first-order chi connectivity index (χ1) is 9.54. The van der Waals surface area contributed by atoms with E-state index in [-0.39, 0.29) is 5.91 Å². The normalized spacial score (nSPS) is 15.7. The highest BCUT2D eigenvalue weighted by atomic mass is 32.1. The molecule has 3 rings (SSSR count). The van der Waals surface area contributed by atoms with E-state index in [1.165, 1.54) is 10.4 Å². The van der Waals surface area contributed by atoms with Gasteiger partial charge in [-0.25, -0.2) is 0 Å². The van der Waals surface area contributed by atoms with Gasteiger partial charge in [0.1, 0.15) is 6.10 Å². The summed E-state index contributed by atoms with van der Waals surface area (Å²) in [6, 6.07) is 7.83. The van der Waals surface area contributed by atoms with Gasteiger partial charge in [0.05, 0.1) is 0 Å². The maximum absolute atomic E-state index is 11.3. The number of anilines is 1. The summed E-state index contributed by atoms with van der Waals surface area (Å²) in [6.07, 6.45) is 0.670. The van der Waals surface area contributed by atoms with Gasteiger partial charge >= 0.3 is 0 Å². The predicted octanol–water partition coefficient (Wildman–Crippen LogP) is 3.33. The van der Waals surface area contributed by atoms with Crippen LogP contribution in [-0.4, -0.2) is 11.0 Å². The molecular weight excluding hydrogens is 270 g/mol. The highest BCUT2D eigenvalue weighted by Crippen LogP contribution is 2.33. The average Bonchev–Trinajstić information content (AvgIpc) is 2.77. The summed E-state index contributed by atoms with van der Waals surface area (Å²) in [5, 5.41) is 13.4. The van der Waals surface area contributed by atoms with Gasteiger partial charge in [0.25, 0.3) is 0 Å². The molecule has 2 N–H and O–H groups in total. The van der Waals surface area contributed by atoms with Crippen molar-refractivity contribution in [1.29, 1.82) is 0 Å². The van der Waals surface area contributed by atoms with Gasteiger partial charge in [0, 0.05) is 21.9 Å². The SMILES string of the molecule is Cc1cc(C(O)c2ccc3c(c2)CCC(=O)N3)sc1C. The molecule has 0 radical (unpaired) electrons. The van der Waals surface area contributed by atoms with E-state index in [1.807, 2.05) is 24.3 Å². The first-order valence-corrected chi connectivity index (χ1v) is 7.54. The second kappa shape index (κ2) is 5.04. The quantitative estimate of drug-likeness (QED) is 0.890. The first kappa shape index (κ1) is 13.3. The smallest absolute Gasteiger partial charge is 0.224 e. The van der Waals surface area contributed by atoms with Crippen LogP contribution in [0.1, 0.15) is 39.0 Å². The number of thiophene rings is 1. The second-order valence-corrected chi connectivity index (χ2v) is 6.54. The monoisotopic (exact) mass is 287 g/mol. The Morgan fingerprint density at radius 3 is 2.75 bits per heavy atom. The molecule has 0 saturated heterocycles. The Hall–Kier alpha value is -1.65. The number of hydrogen-bond donors (Lipinski definition) is 2. The number of hydrogen-bond acceptors (Lipinski definition) is 3. The van der Waals surface area contributed by atoms with Gasteiger partial charge in [-0.15, -0.1) is 11.3 Å². The Kier molecular flexibility index (Phi) is 3.36. The summed E-state index contributed by atoms with van der Waals surface area (Å²) in [5.74, 6) is 0.0651.